The molecule has 11 heavy (non-hydrogen) atoms. The molecular weight excluding hydrogens is 140 g/mol. The standard InChI is InChI=1S/C8H7N2O/c11-5-6-2-1-3-8-7(6)4-9-10-8/h1-4H,5H2,(H,9,10). The van der Waals surface area contributed by atoms with Crippen LogP contribution in [0.1, 0.15) is 5.56 Å². The first-order valence-electron chi connectivity index (χ1n) is 3.41. The summed E-state index contributed by atoms with van der Waals surface area (Å²) in [6, 6.07) is 5.58. The summed E-state index contributed by atoms with van der Waals surface area (Å²) >= 11 is 0. The minimum Gasteiger partial charge on any atom is -0.278 e. The van der Waals surface area contributed by atoms with E-state index in [-0.39, 0.29) is 6.61 Å². The molecule has 0 saturated heterocycles. The summed E-state index contributed by atoms with van der Waals surface area (Å²) in [5, 5.41) is 18.2. The lowest BCUT2D eigenvalue weighted by molar-refractivity contribution is 0.179. The Hall–Kier alpha value is -1.35. The maximum Gasteiger partial charge on any atom is 0.108 e. The van der Waals surface area contributed by atoms with Gasteiger partial charge in [0.15, 0.2) is 0 Å². The van der Waals surface area contributed by atoms with E-state index in [2.05, 4.69) is 10.2 Å². The third-order valence-corrected chi connectivity index (χ3v) is 1.73. The van der Waals surface area contributed by atoms with E-state index in [0.29, 0.717) is 0 Å². The number of nitrogens with zero attached hydrogens (tertiary/aromatic N) is 1. The van der Waals surface area contributed by atoms with Crippen molar-refractivity contribution in [2.75, 3.05) is 0 Å². The van der Waals surface area contributed by atoms with Crippen molar-refractivity contribution in [2.45, 2.75) is 6.61 Å². The van der Waals surface area contributed by atoms with E-state index >= 15 is 0 Å². The van der Waals surface area contributed by atoms with Gasteiger partial charge >= 0.3 is 0 Å². The van der Waals surface area contributed by atoms with Crippen molar-refractivity contribution in [3.8, 4) is 0 Å². The number of H-pyrrole nitrogens is 1. The van der Waals surface area contributed by atoms with Crippen LogP contribution in [-0.2, 0) is 11.7 Å². The number of rotatable bonds is 1. The maximum absolute atomic E-state index is 10.6. The molecule has 0 aliphatic rings. The molecule has 0 amide bonds. The number of hydrogen-bond donors (Lipinski definition) is 1. The highest BCUT2D eigenvalue weighted by molar-refractivity contribution is 5.81. The van der Waals surface area contributed by atoms with Crippen molar-refractivity contribution >= 4 is 10.9 Å². The Morgan fingerprint density at radius 1 is 1.45 bits per heavy atom. The van der Waals surface area contributed by atoms with Crippen molar-refractivity contribution in [3.05, 3.63) is 30.0 Å². The fourth-order valence-corrected chi connectivity index (χ4v) is 1.16. The van der Waals surface area contributed by atoms with E-state index in [0.717, 1.165) is 16.5 Å². The van der Waals surface area contributed by atoms with Crippen molar-refractivity contribution in [1.82, 2.24) is 10.2 Å². The van der Waals surface area contributed by atoms with Gasteiger partial charge in [-0.05, 0) is 11.6 Å². The zero-order chi connectivity index (χ0) is 7.68. The second-order valence-corrected chi connectivity index (χ2v) is 2.39. The first-order valence-corrected chi connectivity index (χ1v) is 3.41. The minimum absolute atomic E-state index is 0.184. The molecule has 1 radical (unpaired) electrons. The lowest BCUT2D eigenvalue weighted by Gasteiger charge is -1.93. The summed E-state index contributed by atoms with van der Waals surface area (Å²) in [5.41, 5.74) is 1.73. The molecule has 0 fully saturated rings. The Kier molecular flexibility index (Phi) is 1.36. The van der Waals surface area contributed by atoms with Crippen LogP contribution in [0.4, 0.5) is 0 Å². The van der Waals surface area contributed by atoms with E-state index in [1.54, 1.807) is 6.20 Å². The van der Waals surface area contributed by atoms with E-state index in [1.807, 2.05) is 18.2 Å². The molecule has 1 aromatic carbocycles. The molecule has 0 aliphatic carbocycles. The normalized spacial score (nSPS) is 10.6. The van der Waals surface area contributed by atoms with Crippen molar-refractivity contribution in [3.63, 3.8) is 0 Å². The average Bonchev–Trinajstić information content (AvgIpc) is 2.50. The number of aromatic amines is 1. The summed E-state index contributed by atoms with van der Waals surface area (Å²) < 4.78 is 0. The minimum atomic E-state index is -0.184. The second kappa shape index (κ2) is 2.36. The van der Waals surface area contributed by atoms with Gasteiger partial charge in [-0.15, -0.1) is 0 Å². The molecule has 0 spiro atoms. The highest BCUT2D eigenvalue weighted by Gasteiger charge is 1.99. The molecule has 0 unspecified atom stereocenters. The molecule has 3 heteroatoms. The number of aromatic nitrogens is 2. The summed E-state index contributed by atoms with van der Waals surface area (Å²) in [4.78, 5) is 0. The summed E-state index contributed by atoms with van der Waals surface area (Å²) in [6.45, 7) is -0.184. The van der Waals surface area contributed by atoms with Crippen LogP contribution in [0.5, 0.6) is 0 Å². The Balaban J connectivity index is 2.79. The predicted molar refractivity (Wildman–Crippen MR) is 40.5 cm³/mol. The highest BCUT2D eigenvalue weighted by atomic mass is 16.3. The van der Waals surface area contributed by atoms with Gasteiger partial charge in [0.25, 0.3) is 0 Å². The van der Waals surface area contributed by atoms with Crippen LogP contribution in [0.15, 0.2) is 24.4 Å². The predicted octanol–water partition coefficient (Wildman–Crippen LogP) is 1.49. The van der Waals surface area contributed by atoms with E-state index in [4.69, 9.17) is 0 Å². The monoisotopic (exact) mass is 147 g/mol. The zero-order valence-electron chi connectivity index (χ0n) is 5.87. The molecule has 0 aliphatic heterocycles. The average molecular weight is 147 g/mol. The summed E-state index contributed by atoms with van der Waals surface area (Å²) in [6.07, 6.45) is 1.68. The van der Waals surface area contributed by atoms with Gasteiger partial charge in [-0.3, -0.25) is 5.10 Å². The van der Waals surface area contributed by atoms with Crippen molar-refractivity contribution < 1.29 is 5.11 Å². The van der Waals surface area contributed by atoms with Gasteiger partial charge in [0, 0.05) is 5.39 Å². The highest BCUT2D eigenvalue weighted by Crippen LogP contribution is 2.15. The van der Waals surface area contributed by atoms with E-state index < -0.39 is 0 Å². The topological polar surface area (TPSA) is 48.6 Å². The molecule has 55 valence electrons. The fourth-order valence-electron chi connectivity index (χ4n) is 1.16. The van der Waals surface area contributed by atoms with Gasteiger partial charge in [-0.2, -0.15) is 5.10 Å². The number of nitrogens with one attached hydrogen (secondary N) is 1. The number of benzene rings is 1. The first kappa shape index (κ1) is 6.37. The molecular formula is C8H7N2O. The van der Waals surface area contributed by atoms with Gasteiger partial charge in [-0.1, -0.05) is 12.1 Å². The lowest BCUT2D eigenvalue weighted by atomic mass is 10.1. The van der Waals surface area contributed by atoms with Crippen LogP contribution in [0.3, 0.4) is 0 Å². The number of fused-ring (bicyclic) bond motifs is 1. The Bertz CT molecular complexity index is 367. The van der Waals surface area contributed by atoms with Gasteiger partial charge in [0.2, 0.25) is 0 Å². The Morgan fingerprint density at radius 2 is 2.36 bits per heavy atom. The van der Waals surface area contributed by atoms with Gasteiger partial charge in [-0.25, -0.2) is 5.11 Å². The van der Waals surface area contributed by atoms with E-state index in [9.17, 15) is 5.11 Å². The van der Waals surface area contributed by atoms with Gasteiger partial charge in [0.1, 0.15) is 6.61 Å². The van der Waals surface area contributed by atoms with Crippen LogP contribution >= 0.6 is 0 Å². The fraction of sp³-hybridized carbons (Fsp3) is 0.125. The van der Waals surface area contributed by atoms with Crippen LogP contribution < -0.4 is 0 Å². The Labute approximate surface area is 63.7 Å². The molecule has 3 nitrogen and oxygen atoms in total. The maximum atomic E-state index is 10.6. The zero-order valence-corrected chi connectivity index (χ0v) is 5.87. The van der Waals surface area contributed by atoms with E-state index in [1.165, 1.54) is 0 Å². The van der Waals surface area contributed by atoms with Crippen LogP contribution in [0.2, 0.25) is 0 Å². The third kappa shape index (κ3) is 0.897. The molecule has 0 saturated carbocycles. The molecule has 1 aromatic heterocycles. The lowest BCUT2D eigenvalue weighted by Crippen LogP contribution is -1.80. The SMILES string of the molecule is [O]Cc1cccc2[nH]ncc12. The molecule has 0 bridgehead atoms. The smallest absolute Gasteiger partial charge is 0.108 e. The third-order valence-electron chi connectivity index (χ3n) is 1.73. The second-order valence-electron chi connectivity index (χ2n) is 2.39. The molecule has 2 aromatic rings. The van der Waals surface area contributed by atoms with Crippen LogP contribution in [-0.4, -0.2) is 10.2 Å². The Morgan fingerprint density at radius 3 is 3.18 bits per heavy atom. The first-order chi connectivity index (χ1) is 5.42. The molecule has 0 atom stereocenters. The summed E-state index contributed by atoms with van der Waals surface area (Å²) in [5.74, 6) is 0. The van der Waals surface area contributed by atoms with Crippen LogP contribution in [0, 0.1) is 0 Å². The van der Waals surface area contributed by atoms with Gasteiger partial charge in [0.05, 0.1) is 11.7 Å². The molecule has 1 heterocycles. The number of hydrogen-bond acceptors (Lipinski definition) is 1. The van der Waals surface area contributed by atoms with Crippen molar-refractivity contribution in [1.29, 1.82) is 0 Å². The largest absolute Gasteiger partial charge is 0.278 e. The molecule has 1 N–H and O–H groups in total. The summed E-state index contributed by atoms with van der Waals surface area (Å²) in [7, 11) is 0. The molecule has 2 rings (SSSR count). The quantitative estimate of drug-likeness (QED) is 0.652. The van der Waals surface area contributed by atoms with Gasteiger partial charge < -0.3 is 0 Å². The van der Waals surface area contributed by atoms with Crippen molar-refractivity contribution in [2.24, 2.45) is 0 Å². The van der Waals surface area contributed by atoms with Crippen LogP contribution in [0.25, 0.3) is 10.9 Å².